The fourth-order valence-electron chi connectivity index (χ4n) is 3.37. The van der Waals surface area contributed by atoms with Gasteiger partial charge in [-0.2, -0.15) is 4.31 Å². The summed E-state index contributed by atoms with van der Waals surface area (Å²) in [7, 11) is -3.64. The Morgan fingerprint density at radius 1 is 1.09 bits per heavy atom. The van der Waals surface area contributed by atoms with Crippen LogP contribution in [0, 0.1) is 13.8 Å². The molecule has 2 heterocycles. The number of amides is 1. The number of ether oxygens (including phenoxy) is 1. The van der Waals surface area contributed by atoms with E-state index in [4.69, 9.17) is 4.74 Å². The van der Waals surface area contributed by atoms with Crippen molar-refractivity contribution in [3.63, 3.8) is 0 Å². The van der Waals surface area contributed by atoms with Crippen LogP contribution < -0.4 is 10.6 Å². The van der Waals surface area contributed by atoms with Gasteiger partial charge in [0.05, 0.1) is 23.4 Å². The van der Waals surface area contributed by atoms with Crippen molar-refractivity contribution in [3.05, 3.63) is 53.6 Å². The standard InChI is InChI=1S/C23H27N5O4S3/c1-15-7-8-19(13-16(15)2)25-22-26-27-23(34-22)33-17(3)21(29)24-18-5-4-6-20(14-18)35(30,31)28-9-11-32-12-10-28/h4-8,13-14,17H,9-12H2,1-3H3,(H,24,29)(H,25,26). The highest BCUT2D eigenvalue weighted by Crippen LogP contribution is 2.31. The number of hydrogen-bond acceptors (Lipinski definition) is 9. The summed E-state index contributed by atoms with van der Waals surface area (Å²) in [5, 5.41) is 14.6. The lowest BCUT2D eigenvalue weighted by Crippen LogP contribution is -2.40. The third kappa shape index (κ3) is 6.39. The second kappa shape index (κ2) is 11.0. The second-order valence-electron chi connectivity index (χ2n) is 8.09. The summed E-state index contributed by atoms with van der Waals surface area (Å²) in [5.41, 5.74) is 3.75. The van der Waals surface area contributed by atoms with Gasteiger partial charge in [0.1, 0.15) is 0 Å². The molecule has 0 aliphatic carbocycles. The van der Waals surface area contributed by atoms with Gasteiger partial charge in [-0.3, -0.25) is 4.79 Å². The first kappa shape index (κ1) is 25.6. The van der Waals surface area contributed by atoms with Crippen molar-refractivity contribution in [3.8, 4) is 0 Å². The summed E-state index contributed by atoms with van der Waals surface area (Å²) in [4.78, 5) is 12.9. The molecule has 1 atom stereocenters. The average molecular weight is 534 g/mol. The van der Waals surface area contributed by atoms with E-state index in [-0.39, 0.29) is 10.8 Å². The van der Waals surface area contributed by atoms with Crippen molar-refractivity contribution in [2.45, 2.75) is 35.3 Å². The Bertz CT molecular complexity index is 1310. The van der Waals surface area contributed by atoms with Gasteiger partial charge in [-0.25, -0.2) is 8.42 Å². The van der Waals surface area contributed by atoms with Crippen molar-refractivity contribution in [1.29, 1.82) is 0 Å². The molecular formula is C23H27N5O4S3. The number of aryl methyl sites for hydroxylation is 2. The minimum Gasteiger partial charge on any atom is -0.379 e. The highest BCUT2D eigenvalue weighted by molar-refractivity contribution is 8.02. The molecule has 2 N–H and O–H groups in total. The Balaban J connectivity index is 1.36. The Morgan fingerprint density at radius 3 is 2.60 bits per heavy atom. The number of sulfonamides is 1. The highest BCUT2D eigenvalue weighted by Gasteiger charge is 2.27. The summed E-state index contributed by atoms with van der Waals surface area (Å²) in [5.74, 6) is -0.255. The first-order chi connectivity index (χ1) is 16.7. The van der Waals surface area contributed by atoms with E-state index in [0.29, 0.717) is 41.5 Å². The normalized spacial score (nSPS) is 15.5. The van der Waals surface area contributed by atoms with Crippen LogP contribution in [0.3, 0.4) is 0 Å². The Morgan fingerprint density at radius 2 is 1.86 bits per heavy atom. The number of carbonyl (C=O) groups excluding carboxylic acids is 1. The number of hydrogen-bond donors (Lipinski definition) is 2. The van der Waals surface area contributed by atoms with Crippen molar-refractivity contribution in [1.82, 2.24) is 14.5 Å². The first-order valence-electron chi connectivity index (χ1n) is 11.1. The maximum Gasteiger partial charge on any atom is 0.243 e. The van der Waals surface area contributed by atoms with Crippen molar-refractivity contribution < 1.29 is 17.9 Å². The zero-order chi connectivity index (χ0) is 25.0. The van der Waals surface area contributed by atoms with Gasteiger partial charge < -0.3 is 15.4 Å². The fourth-order valence-corrected chi connectivity index (χ4v) is 6.74. The molecule has 1 unspecified atom stereocenters. The van der Waals surface area contributed by atoms with Gasteiger partial charge in [0.15, 0.2) is 4.34 Å². The van der Waals surface area contributed by atoms with Crippen LogP contribution in [0.15, 0.2) is 51.7 Å². The number of anilines is 3. The molecule has 3 aromatic rings. The molecule has 35 heavy (non-hydrogen) atoms. The lowest BCUT2D eigenvalue weighted by Gasteiger charge is -2.26. The number of thioether (sulfide) groups is 1. The van der Waals surface area contributed by atoms with Crippen molar-refractivity contribution in [2.75, 3.05) is 36.9 Å². The highest BCUT2D eigenvalue weighted by atomic mass is 32.2. The van der Waals surface area contributed by atoms with Crippen LogP contribution in [-0.4, -0.2) is 60.4 Å². The Hall–Kier alpha value is -2.51. The van der Waals surface area contributed by atoms with Gasteiger partial charge in [-0.05, 0) is 62.2 Å². The van der Waals surface area contributed by atoms with Crippen LogP contribution >= 0.6 is 23.1 Å². The van der Waals surface area contributed by atoms with Crippen molar-refractivity contribution in [2.24, 2.45) is 0 Å². The number of rotatable bonds is 8. The molecule has 186 valence electrons. The number of morpholine rings is 1. The summed E-state index contributed by atoms with van der Waals surface area (Å²) in [6.07, 6.45) is 0. The second-order valence-corrected chi connectivity index (χ2v) is 12.6. The van der Waals surface area contributed by atoms with Gasteiger partial charge >= 0.3 is 0 Å². The number of nitrogens with one attached hydrogen (secondary N) is 2. The third-order valence-electron chi connectivity index (χ3n) is 5.52. The van der Waals surface area contributed by atoms with Gasteiger partial charge in [-0.15, -0.1) is 10.2 Å². The van der Waals surface area contributed by atoms with Crippen LogP contribution in [0.25, 0.3) is 0 Å². The predicted octanol–water partition coefficient (Wildman–Crippen LogP) is 4.04. The topological polar surface area (TPSA) is 114 Å². The lowest BCUT2D eigenvalue weighted by molar-refractivity contribution is -0.115. The maximum atomic E-state index is 12.9. The van der Waals surface area contributed by atoms with E-state index in [9.17, 15) is 13.2 Å². The lowest BCUT2D eigenvalue weighted by atomic mass is 10.1. The van der Waals surface area contributed by atoms with Crippen LogP contribution in [0.4, 0.5) is 16.5 Å². The number of aromatic nitrogens is 2. The number of carbonyl (C=O) groups is 1. The maximum absolute atomic E-state index is 12.9. The first-order valence-corrected chi connectivity index (χ1v) is 14.2. The smallest absolute Gasteiger partial charge is 0.243 e. The third-order valence-corrected chi connectivity index (χ3v) is 9.44. The molecule has 12 heteroatoms. The minimum absolute atomic E-state index is 0.142. The summed E-state index contributed by atoms with van der Waals surface area (Å²) >= 11 is 2.66. The van der Waals surface area contributed by atoms with Crippen LogP contribution in [0.2, 0.25) is 0 Å². The molecule has 1 amide bonds. The summed E-state index contributed by atoms with van der Waals surface area (Å²) in [6, 6.07) is 12.4. The van der Waals surface area contributed by atoms with Gasteiger partial charge in [0, 0.05) is 24.5 Å². The van der Waals surface area contributed by atoms with E-state index in [1.54, 1.807) is 19.1 Å². The van der Waals surface area contributed by atoms with Crippen LogP contribution in [-0.2, 0) is 19.6 Å². The molecule has 1 aliphatic heterocycles. The Kier molecular flexibility index (Phi) is 8.07. The van der Waals surface area contributed by atoms with E-state index in [1.807, 2.05) is 18.2 Å². The molecule has 4 rings (SSSR count). The SMILES string of the molecule is Cc1ccc(Nc2nnc(SC(C)C(=O)Nc3cccc(S(=O)(=O)N4CCOCC4)c3)s2)cc1C. The number of nitrogens with zero attached hydrogens (tertiary/aromatic N) is 3. The molecule has 0 spiro atoms. The molecular weight excluding hydrogens is 506 g/mol. The summed E-state index contributed by atoms with van der Waals surface area (Å²) < 4.78 is 33.1. The van der Waals surface area contributed by atoms with Crippen LogP contribution in [0.5, 0.6) is 0 Å². The molecule has 0 bridgehead atoms. The fraction of sp³-hybridized carbons (Fsp3) is 0.348. The quantitative estimate of drug-likeness (QED) is 0.417. The molecule has 0 radical (unpaired) electrons. The van der Waals surface area contributed by atoms with Crippen molar-refractivity contribution >= 4 is 55.5 Å². The molecule has 0 saturated carbocycles. The summed E-state index contributed by atoms with van der Waals surface area (Å²) in [6.45, 7) is 7.26. The molecule has 1 fully saturated rings. The number of benzene rings is 2. The monoisotopic (exact) mass is 533 g/mol. The van der Waals surface area contributed by atoms with E-state index in [0.717, 1.165) is 5.69 Å². The van der Waals surface area contributed by atoms with E-state index >= 15 is 0 Å². The van der Waals surface area contributed by atoms with Crippen LogP contribution in [0.1, 0.15) is 18.1 Å². The van der Waals surface area contributed by atoms with Gasteiger partial charge in [0.25, 0.3) is 0 Å². The van der Waals surface area contributed by atoms with E-state index in [1.165, 1.54) is 50.7 Å². The minimum atomic E-state index is -3.64. The molecule has 9 nitrogen and oxygen atoms in total. The predicted molar refractivity (Wildman–Crippen MR) is 139 cm³/mol. The molecule has 1 saturated heterocycles. The zero-order valence-corrected chi connectivity index (χ0v) is 22.1. The molecule has 1 aliphatic rings. The zero-order valence-electron chi connectivity index (χ0n) is 19.6. The van der Waals surface area contributed by atoms with Gasteiger partial charge in [-0.1, -0.05) is 35.2 Å². The largest absolute Gasteiger partial charge is 0.379 e. The molecule has 1 aromatic heterocycles. The Labute approximate surface area is 213 Å². The van der Waals surface area contributed by atoms with E-state index in [2.05, 4.69) is 34.7 Å². The van der Waals surface area contributed by atoms with E-state index < -0.39 is 15.3 Å². The molecule has 2 aromatic carbocycles. The average Bonchev–Trinajstić information content (AvgIpc) is 3.28. The van der Waals surface area contributed by atoms with Gasteiger partial charge in [0.2, 0.25) is 21.1 Å².